The third-order valence-corrected chi connectivity index (χ3v) is 1.16. The van der Waals surface area contributed by atoms with Gasteiger partial charge >= 0.3 is 11.9 Å². The Balaban J connectivity index is 3.19. The molecule has 0 amide bonds. The molecule has 0 radical (unpaired) electrons. The van der Waals surface area contributed by atoms with E-state index in [2.05, 4.69) is 19.2 Å². The number of hydrogen-bond acceptors (Lipinski definition) is 8. The van der Waals surface area contributed by atoms with Crippen LogP contribution in [0.4, 0.5) is 0 Å². The summed E-state index contributed by atoms with van der Waals surface area (Å²) in [6, 6.07) is 0. The van der Waals surface area contributed by atoms with E-state index in [0.29, 0.717) is 0 Å². The molecule has 9 nitrogen and oxygen atoms in total. The van der Waals surface area contributed by atoms with Crippen LogP contribution in [-0.4, -0.2) is 56.7 Å². The average Bonchev–Trinajstić information content (AvgIpc) is 2.30. The van der Waals surface area contributed by atoms with E-state index in [-0.39, 0.29) is 33.1 Å². The van der Waals surface area contributed by atoms with Crippen LogP contribution in [0.3, 0.4) is 0 Å². The quantitative estimate of drug-likeness (QED) is 0.120. The number of aliphatic carboxylic acids is 1. The fourth-order valence-electron chi connectivity index (χ4n) is 0.581. The average molecular weight is 252 g/mol. The van der Waals surface area contributed by atoms with Gasteiger partial charge in [0.2, 0.25) is 6.79 Å². The third-order valence-electron chi connectivity index (χ3n) is 1.16. The number of carboxylic acids is 1. The van der Waals surface area contributed by atoms with Crippen molar-refractivity contribution in [3.8, 4) is 0 Å². The molecule has 0 aliphatic heterocycles. The van der Waals surface area contributed by atoms with Crippen molar-refractivity contribution >= 4 is 18.4 Å². The van der Waals surface area contributed by atoms with Gasteiger partial charge in [-0.3, -0.25) is 4.79 Å². The van der Waals surface area contributed by atoms with Crippen LogP contribution in [0.15, 0.2) is 0 Å². The predicted octanol–water partition coefficient (Wildman–Crippen LogP) is -1.29. The molecule has 0 aromatic heterocycles. The van der Waals surface area contributed by atoms with Crippen molar-refractivity contribution in [3.05, 3.63) is 0 Å². The van der Waals surface area contributed by atoms with Gasteiger partial charge in [-0.15, -0.1) is 0 Å². The second kappa shape index (κ2) is 10.8. The number of carbonyl (C=O) groups is 3. The zero-order valence-corrected chi connectivity index (χ0v) is 8.83. The molecular weight excluding hydrogens is 240 g/mol. The summed E-state index contributed by atoms with van der Waals surface area (Å²) in [7, 11) is 0. The van der Waals surface area contributed by atoms with Crippen LogP contribution < -0.4 is 0 Å². The van der Waals surface area contributed by atoms with Crippen molar-refractivity contribution in [1.82, 2.24) is 0 Å². The van der Waals surface area contributed by atoms with Crippen molar-refractivity contribution in [2.24, 2.45) is 0 Å². The fraction of sp³-hybridized carbons (Fsp3) is 0.625. The first-order chi connectivity index (χ1) is 8.16. The lowest BCUT2D eigenvalue weighted by Crippen LogP contribution is -2.18. The number of esters is 1. The minimum atomic E-state index is -1.25. The fourth-order valence-corrected chi connectivity index (χ4v) is 0.581. The summed E-state index contributed by atoms with van der Waals surface area (Å²) >= 11 is 0. The van der Waals surface area contributed by atoms with E-state index < -0.39 is 18.5 Å². The summed E-state index contributed by atoms with van der Waals surface area (Å²) in [5.41, 5.74) is 0. The zero-order chi connectivity index (χ0) is 12.9. The predicted molar refractivity (Wildman–Crippen MR) is 48.5 cm³/mol. The van der Waals surface area contributed by atoms with Gasteiger partial charge in [0.25, 0.3) is 6.47 Å². The zero-order valence-electron chi connectivity index (χ0n) is 8.83. The van der Waals surface area contributed by atoms with Gasteiger partial charge in [-0.05, 0) is 0 Å². The molecular formula is C8H12O9. The van der Waals surface area contributed by atoms with Crippen molar-refractivity contribution in [2.75, 3.05) is 33.2 Å². The lowest BCUT2D eigenvalue weighted by atomic mass is 10.7. The van der Waals surface area contributed by atoms with E-state index in [0.717, 1.165) is 0 Å². The Kier molecular flexibility index (Phi) is 9.71. The highest BCUT2D eigenvalue weighted by atomic mass is 17.2. The van der Waals surface area contributed by atoms with E-state index in [1.807, 2.05) is 0 Å². The van der Waals surface area contributed by atoms with Crippen LogP contribution in [0.1, 0.15) is 0 Å². The number of rotatable bonds is 11. The van der Waals surface area contributed by atoms with Gasteiger partial charge in [-0.25, -0.2) is 14.5 Å². The number of hydrogen-bond donors (Lipinski definition) is 1. The summed E-state index contributed by atoms with van der Waals surface area (Å²) in [5, 5.41) is 8.18. The molecule has 0 spiro atoms. The Labute approximate surface area is 96.1 Å². The van der Waals surface area contributed by atoms with E-state index in [9.17, 15) is 14.4 Å². The van der Waals surface area contributed by atoms with Gasteiger partial charge in [0, 0.05) is 0 Å². The monoisotopic (exact) mass is 252 g/mol. The molecule has 0 fully saturated rings. The Bertz CT molecular complexity index is 239. The lowest BCUT2D eigenvalue weighted by Gasteiger charge is -2.04. The van der Waals surface area contributed by atoms with Crippen LogP contribution in [0, 0.1) is 0 Å². The third kappa shape index (κ3) is 12.2. The highest BCUT2D eigenvalue weighted by Gasteiger charge is 2.05. The van der Waals surface area contributed by atoms with Crippen LogP contribution in [0.2, 0.25) is 0 Å². The van der Waals surface area contributed by atoms with Crippen molar-refractivity contribution < 1.29 is 43.5 Å². The van der Waals surface area contributed by atoms with Crippen molar-refractivity contribution in [2.45, 2.75) is 0 Å². The lowest BCUT2D eigenvalue weighted by molar-refractivity contribution is -0.331. The van der Waals surface area contributed by atoms with E-state index in [4.69, 9.17) is 9.84 Å². The second-order valence-corrected chi connectivity index (χ2v) is 2.43. The maximum absolute atomic E-state index is 10.8. The minimum absolute atomic E-state index is 0.00836. The largest absolute Gasteiger partial charge is 0.479 e. The van der Waals surface area contributed by atoms with Gasteiger partial charge in [-0.2, -0.15) is 4.89 Å². The molecule has 0 saturated heterocycles. The van der Waals surface area contributed by atoms with Crippen LogP contribution >= 0.6 is 0 Å². The normalized spacial score (nSPS) is 9.65. The van der Waals surface area contributed by atoms with Crippen LogP contribution in [0.25, 0.3) is 0 Å². The molecule has 0 aliphatic carbocycles. The number of carboxylic acid groups (broad SMARTS) is 1. The summed E-state index contributed by atoms with van der Waals surface area (Å²) in [4.78, 5) is 39.2. The first-order valence-corrected chi connectivity index (χ1v) is 4.41. The Morgan fingerprint density at radius 3 is 2.53 bits per heavy atom. The Morgan fingerprint density at radius 1 is 1.12 bits per heavy atom. The molecule has 0 atom stereocenters. The second-order valence-electron chi connectivity index (χ2n) is 2.43. The molecule has 0 aromatic rings. The smallest absolute Gasteiger partial charge is 0.341 e. The topological polar surface area (TPSA) is 118 Å². The van der Waals surface area contributed by atoms with Crippen LogP contribution in [0.5, 0.6) is 0 Å². The van der Waals surface area contributed by atoms with E-state index in [1.165, 1.54) is 0 Å². The molecule has 98 valence electrons. The maximum atomic E-state index is 10.8. The molecule has 1 N–H and O–H groups in total. The molecule has 0 heterocycles. The first-order valence-electron chi connectivity index (χ1n) is 4.41. The maximum Gasteiger partial charge on any atom is 0.341 e. The SMILES string of the molecule is O=COCOOCCOCC(=O)OCC(=O)O. The highest BCUT2D eigenvalue weighted by Crippen LogP contribution is 1.84. The minimum Gasteiger partial charge on any atom is -0.479 e. The summed E-state index contributed by atoms with van der Waals surface area (Å²) in [6.45, 7) is -1.20. The standard InChI is InChI=1S/C8H12O9/c9-5-14-6-17-16-2-1-13-4-8(12)15-3-7(10)11/h5H,1-4,6H2,(H,10,11). The summed E-state index contributed by atoms with van der Waals surface area (Å²) < 4.78 is 13.2. The van der Waals surface area contributed by atoms with E-state index >= 15 is 0 Å². The molecule has 17 heavy (non-hydrogen) atoms. The van der Waals surface area contributed by atoms with Gasteiger partial charge < -0.3 is 19.3 Å². The Morgan fingerprint density at radius 2 is 1.88 bits per heavy atom. The van der Waals surface area contributed by atoms with Crippen LogP contribution in [-0.2, 0) is 38.4 Å². The molecule has 9 heteroatoms. The van der Waals surface area contributed by atoms with Crippen molar-refractivity contribution in [1.29, 1.82) is 0 Å². The van der Waals surface area contributed by atoms with Crippen molar-refractivity contribution in [3.63, 3.8) is 0 Å². The molecule has 0 aliphatic rings. The molecule has 0 bridgehead atoms. The Hall–Kier alpha value is -1.71. The summed E-state index contributed by atoms with van der Waals surface area (Å²) in [6.07, 6.45) is 0. The highest BCUT2D eigenvalue weighted by molar-refractivity contribution is 5.75. The molecule has 0 rings (SSSR count). The molecule has 0 unspecified atom stereocenters. The first kappa shape index (κ1) is 15.3. The van der Waals surface area contributed by atoms with E-state index in [1.54, 1.807) is 0 Å². The van der Waals surface area contributed by atoms with Gasteiger partial charge in [0.1, 0.15) is 13.2 Å². The molecule has 0 saturated carbocycles. The number of ether oxygens (including phenoxy) is 3. The van der Waals surface area contributed by atoms with Gasteiger partial charge in [-0.1, -0.05) is 0 Å². The summed E-state index contributed by atoms with van der Waals surface area (Å²) in [5.74, 6) is -2.04. The number of carbonyl (C=O) groups excluding carboxylic acids is 2. The van der Waals surface area contributed by atoms with Gasteiger partial charge in [0.05, 0.1) is 6.61 Å². The molecule has 0 aromatic carbocycles. The van der Waals surface area contributed by atoms with Gasteiger partial charge in [0.15, 0.2) is 6.61 Å².